The second-order valence-electron chi connectivity index (χ2n) is 5.23. The van der Waals surface area contributed by atoms with Crippen LogP contribution in [0.2, 0.25) is 0 Å². The highest BCUT2D eigenvalue weighted by Crippen LogP contribution is 2.24. The quantitative estimate of drug-likeness (QED) is 0.755. The van der Waals surface area contributed by atoms with Crippen molar-refractivity contribution in [1.29, 1.82) is 0 Å². The van der Waals surface area contributed by atoms with Crippen molar-refractivity contribution in [3.8, 4) is 0 Å². The molecule has 0 spiro atoms. The Balaban J connectivity index is 2.08. The van der Waals surface area contributed by atoms with E-state index in [0.29, 0.717) is 23.6 Å². The van der Waals surface area contributed by atoms with Gasteiger partial charge in [0, 0.05) is 4.47 Å². The normalized spacial score (nSPS) is 11.2. The number of hydrogen-bond acceptors (Lipinski definition) is 2. The van der Waals surface area contributed by atoms with Crippen LogP contribution in [0.5, 0.6) is 0 Å². The smallest absolute Gasteiger partial charge is 0.201 e. The molecule has 2 aromatic carbocycles. The van der Waals surface area contributed by atoms with E-state index >= 15 is 0 Å². The molecule has 3 rings (SSSR count). The van der Waals surface area contributed by atoms with Crippen LogP contribution in [-0.4, -0.2) is 9.55 Å². The zero-order valence-corrected chi connectivity index (χ0v) is 13.4. The van der Waals surface area contributed by atoms with E-state index in [-0.39, 0.29) is 5.82 Å². The Hall–Kier alpha value is -1.88. The van der Waals surface area contributed by atoms with E-state index in [0.717, 1.165) is 21.1 Å². The molecule has 0 bridgehead atoms. The van der Waals surface area contributed by atoms with Gasteiger partial charge in [0.25, 0.3) is 0 Å². The summed E-state index contributed by atoms with van der Waals surface area (Å²) < 4.78 is 16.6. The molecule has 0 aliphatic rings. The summed E-state index contributed by atoms with van der Waals surface area (Å²) in [5.74, 6) is 0.314. The summed E-state index contributed by atoms with van der Waals surface area (Å²) in [6.07, 6.45) is 0. The summed E-state index contributed by atoms with van der Waals surface area (Å²) in [5.41, 5.74) is 10.1. The van der Waals surface area contributed by atoms with Gasteiger partial charge in [-0.15, -0.1) is 0 Å². The number of hydrogen-bond donors (Lipinski definition) is 1. The molecule has 5 heteroatoms. The minimum absolute atomic E-state index is 0.147. The van der Waals surface area contributed by atoms with Crippen LogP contribution in [-0.2, 0) is 6.54 Å². The highest BCUT2D eigenvalue weighted by molar-refractivity contribution is 9.10. The standard InChI is InChI=1S/C16H15BrFN3/c1-9-5-11(6-10(2)15(9)18)8-21-14-4-3-12(17)7-13(14)20-16(21)19/h3-7H,8H2,1-2H3,(H2,19,20). The van der Waals surface area contributed by atoms with E-state index < -0.39 is 0 Å². The number of fused-ring (bicyclic) bond motifs is 1. The third kappa shape index (κ3) is 2.53. The largest absolute Gasteiger partial charge is 0.369 e. The lowest BCUT2D eigenvalue weighted by atomic mass is 10.1. The molecule has 0 radical (unpaired) electrons. The summed E-state index contributed by atoms with van der Waals surface area (Å²) in [4.78, 5) is 4.37. The first-order valence-corrected chi connectivity index (χ1v) is 7.42. The maximum atomic E-state index is 13.7. The van der Waals surface area contributed by atoms with Gasteiger partial charge < -0.3 is 10.3 Å². The predicted octanol–water partition coefficient (Wildman–Crippen LogP) is 4.19. The van der Waals surface area contributed by atoms with Gasteiger partial charge in [0.05, 0.1) is 17.6 Å². The molecule has 0 amide bonds. The molecule has 0 saturated carbocycles. The summed E-state index contributed by atoms with van der Waals surface area (Å²) in [6.45, 7) is 4.13. The van der Waals surface area contributed by atoms with Gasteiger partial charge in [0.15, 0.2) is 0 Å². The molecule has 0 saturated heterocycles. The average Bonchev–Trinajstić information content (AvgIpc) is 2.71. The first-order valence-electron chi connectivity index (χ1n) is 6.62. The Morgan fingerprint density at radius 3 is 2.52 bits per heavy atom. The minimum atomic E-state index is -0.147. The number of imidazole rings is 1. The second kappa shape index (κ2) is 5.15. The number of nitrogens with zero attached hydrogens (tertiary/aromatic N) is 2. The highest BCUT2D eigenvalue weighted by Gasteiger charge is 2.11. The Bertz CT molecular complexity index is 816. The van der Waals surface area contributed by atoms with Crippen LogP contribution in [0.15, 0.2) is 34.8 Å². The van der Waals surface area contributed by atoms with Crippen molar-refractivity contribution in [1.82, 2.24) is 9.55 Å². The molecule has 0 aliphatic heterocycles. The molecule has 108 valence electrons. The maximum absolute atomic E-state index is 13.7. The third-order valence-corrected chi connectivity index (χ3v) is 4.07. The topological polar surface area (TPSA) is 43.8 Å². The Morgan fingerprint density at radius 2 is 1.86 bits per heavy atom. The lowest BCUT2D eigenvalue weighted by Gasteiger charge is -2.10. The van der Waals surface area contributed by atoms with Crippen molar-refractivity contribution in [2.45, 2.75) is 20.4 Å². The van der Waals surface area contributed by atoms with E-state index in [4.69, 9.17) is 5.73 Å². The molecule has 2 N–H and O–H groups in total. The van der Waals surface area contributed by atoms with Crippen molar-refractivity contribution in [3.63, 3.8) is 0 Å². The molecule has 0 aliphatic carbocycles. The molecule has 1 heterocycles. The Labute approximate surface area is 130 Å². The number of aromatic nitrogens is 2. The van der Waals surface area contributed by atoms with Crippen molar-refractivity contribution in [2.24, 2.45) is 0 Å². The molecule has 3 nitrogen and oxygen atoms in total. The zero-order chi connectivity index (χ0) is 15.1. The number of anilines is 1. The molecule has 1 aromatic heterocycles. The lowest BCUT2D eigenvalue weighted by molar-refractivity contribution is 0.607. The number of nitrogens with two attached hydrogens (primary N) is 1. The van der Waals surface area contributed by atoms with Gasteiger partial charge in [-0.05, 0) is 48.7 Å². The van der Waals surface area contributed by atoms with Gasteiger partial charge in [-0.2, -0.15) is 0 Å². The molecule has 0 atom stereocenters. The number of aryl methyl sites for hydroxylation is 2. The minimum Gasteiger partial charge on any atom is -0.369 e. The maximum Gasteiger partial charge on any atom is 0.201 e. The monoisotopic (exact) mass is 347 g/mol. The van der Waals surface area contributed by atoms with E-state index in [2.05, 4.69) is 20.9 Å². The summed E-state index contributed by atoms with van der Waals surface area (Å²) in [5, 5.41) is 0. The van der Waals surface area contributed by atoms with Gasteiger partial charge >= 0.3 is 0 Å². The zero-order valence-electron chi connectivity index (χ0n) is 11.8. The van der Waals surface area contributed by atoms with Crippen LogP contribution in [0.1, 0.15) is 16.7 Å². The van der Waals surface area contributed by atoms with Crippen LogP contribution >= 0.6 is 15.9 Å². The first-order chi connectivity index (χ1) is 9.95. The van der Waals surface area contributed by atoms with Gasteiger partial charge in [-0.3, -0.25) is 0 Å². The van der Waals surface area contributed by atoms with Crippen LogP contribution in [0.25, 0.3) is 11.0 Å². The van der Waals surface area contributed by atoms with Gasteiger partial charge in [0.1, 0.15) is 5.82 Å². The number of halogens is 2. The van der Waals surface area contributed by atoms with E-state index in [1.54, 1.807) is 13.8 Å². The summed E-state index contributed by atoms with van der Waals surface area (Å²) in [7, 11) is 0. The van der Waals surface area contributed by atoms with Crippen molar-refractivity contribution >= 4 is 32.9 Å². The first kappa shape index (κ1) is 14.1. The molecule has 3 aromatic rings. The summed E-state index contributed by atoms with van der Waals surface area (Å²) in [6, 6.07) is 9.58. The van der Waals surface area contributed by atoms with Gasteiger partial charge in [-0.1, -0.05) is 28.1 Å². The molecular weight excluding hydrogens is 333 g/mol. The average molecular weight is 348 g/mol. The molecule has 0 fully saturated rings. The number of benzene rings is 2. The highest BCUT2D eigenvalue weighted by atomic mass is 79.9. The number of nitrogen functional groups attached to an aromatic ring is 1. The SMILES string of the molecule is Cc1cc(Cn2c(N)nc3cc(Br)ccc32)cc(C)c1F. The van der Waals surface area contributed by atoms with Crippen molar-refractivity contribution < 1.29 is 4.39 Å². The molecule has 0 unspecified atom stereocenters. The Kier molecular flexibility index (Phi) is 3.45. The number of rotatable bonds is 2. The lowest BCUT2D eigenvalue weighted by Crippen LogP contribution is -2.05. The van der Waals surface area contributed by atoms with Gasteiger partial charge in [-0.25, -0.2) is 9.37 Å². The molecular formula is C16H15BrFN3. The van der Waals surface area contributed by atoms with E-state index in [1.807, 2.05) is 34.9 Å². The fourth-order valence-corrected chi connectivity index (χ4v) is 2.95. The van der Waals surface area contributed by atoms with Crippen LogP contribution in [0.3, 0.4) is 0 Å². The fraction of sp³-hybridized carbons (Fsp3) is 0.188. The van der Waals surface area contributed by atoms with Crippen LogP contribution < -0.4 is 5.73 Å². The van der Waals surface area contributed by atoms with Crippen LogP contribution in [0, 0.1) is 19.7 Å². The van der Waals surface area contributed by atoms with E-state index in [9.17, 15) is 4.39 Å². The van der Waals surface area contributed by atoms with Gasteiger partial charge in [0.2, 0.25) is 5.95 Å². The van der Waals surface area contributed by atoms with Crippen molar-refractivity contribution in [3.05, 3.63) is 57.3 Å². The third-order valence-electron chi connectivity index (χ3n) is 3.58. The van der Waals surface area contributed by atoms with Crippen LogP contribution in [0.4, 0.5) is 10.3 Å². The van der Waals surface area contributed by atoms with Crippen molar-refractivity contribution in [2.75, 3.05) is 5.73 Å². The fourth-order valence-electron chi connectivity index (χ4n) is 2.60. The second-order valence-corrected chi connectivity index (χ2v) is 6.15. The predicted molar refractivity (Wildman–Crippen MR) is 86.8 cm³/mol. The van der Waals surface area contributed by atoms with E-state index in [1.165, 1.54) is 0 Å². The summed E-state index contributed by atoms with van der Waals surface area (Å²) >= 11 is 3.43. The molecule has 21 heavy (non-hydrogen) atoms. The Morgan fingerprint density at radius 1 is 1.19 bits per heavy atom.